The number of amides is 2. The van der Waals surface area contributed by atoms with Crippen LogP contribution in [0.5, 0.6) is 5.75 Å². The lowest BCUT2D eigenvalue weighted by atomic mass is 10.1. The Hall–Kier alpha value is -4.46. The Morgan fingerprint density at radius 2 is 1.72 bits per heavy atom. The highest BCUT2D eigenvalue weighted by atomic mass is 16.6. The molecule has 0 bridgehead atoms. The molecule has 0 unspecified atom stereocenters. The second-order valence-corrected chi connectivity index (χ2v) is 6.88. The molecule has 0 aromatic heterocycles. The van der Waals surface area contributed by atoms with Crippen LogP contribution in [0, 0.1) is 17.0 Å². The maximum atomic E-state index is 13.0. The number of nitrogens with one attached hydrogen (secondary N) is 2. The number of ether oxygens (including phenoxy) is 1. The van der Waals surface area contributed by atoms with Gasteiger partial charge in [-0.25, -0.2) is 0 Å². The fourth-order valence-corrected chi connectivity index (χ4v) is 2.89. The molecule has 3 rings (SSSR count). The van der Waals surface area contributed by atoms with Gasteiger partial charge in [0.25, 0.3) is 17.5 Å². The highest BCUT2D eigenvalue weighted by Crippen LogP contribution is 2.24. The lowest BCUT2D eigenvalue weighted by Crippen LogP contribution is -2.30. The van der Waals surface area contributed by atoms with Crippen molar-refractivity contribution in [1.82, 2.24) is 5.32 Å². The first kappa shape index (κ1) is 22.2. The van der Waals surface area contributed by atoms with Gasteiger partial charge in [-0.15, -0.1) is 0 Å². The number of carbonyl (C=O) groups excluding carboxylic acids is 2. The molecule has 2 amide bonds. The van der Waals surface area contributed by atoms with Crippen molar-refractivity contribution in [3.8, 4) is 5.75 Å². The average molecular weight is 431 g/mol. The Labute approximate surface area is 184 Å². The van der Waals surface area contributed by atoms with Gasteiger partial charge >= 0.3 is 0 Å². The largest absolute Gasteiger partial charge is 0.495 e. The summed E-state index contributed by atoms with van der Waals surface area (Å²) in [5, 5.41) is 16.4. The number of para-hydroxylation sites is 2. The lowest BCUT2D eigenvalue weighted by Gasteiger charge is -2.13. The second kappa shape index (κ2) is 10.0. The molecule has 8 heteroatoms. The first-order valence-corrected chi connectivity index (χ1v) is 9.66. The zero-order valence-electron chi connectivity index (χ0n) is 17.5. The summed E-state index contributed by atoms with van der Waals surface area (Å²) in [7, 11) is 1.48. The number of hydrogen-bond acceptors (Lipinski definition) is 5. The molecule has 0 saturated carbocycles. The normalized spacial score (nSPS) is 10.9. The number of hydrogen-bond donors (Lipinski definition) is 2. The summed E-state index contributed by atoms with van der Waals surface area (Å²) < 4.78 is 5.25. The number of non-ortho nitro benzene ring substituents is 1. The smallest absolute Gasteiger partial charge is 0.272 e. The highest BCUT2D eigenvalue weighted by molar-refractivity contribution is 6.11. The van der Waals surface area contributed by atoms with E-state index in [9.17, 15) is 19.7 Å². The number of aryl methyl sites for hydroxylation is 1. The molecule has 0 aliphatic carbocycles. The van der Waals surface area contributed by atoms with E-state index in [2.05, 4.69) is 10.6 Å². The van der Waals surface area contributed by atoms with E-state index in [0.717, 1.165) is 5.56 Å². The van der Waals surface area contributed by atoms with E-state index >= 15 is 0 Å². The van der Waals surface area contributed by atoms with Crippen LogP contribution in [-0.4, -0.2) is 23.8 Å². The number of rotatable bonds is 7. The zero-order chi connectivity index (χ0) is 23.1. The average Bonchev–Trinajstić information content (AvgIpc) is 2.79. The topological polar surface area (TPSA) is 111 Å². The van der Waals surface area contributed by atoms with Crippen LogP contribution in [0.2, 0.25) is 0 Å². The van der Waals surface area contributed by atoms with E-state index in [1.165, 1.54) is 31.4 Å². The van der Waals surface area contributed by atoms with Gasteiger partial charge in [-0.05, 0) is 42.8 Å². The van der Waals surface area contributed by atoms with Crippen LogP contribution in [0.1, 0.15) is 21.5 Å². The summed E-state index contributed by atoms with van der Waals surface area (Å²) in [6.45, 7) is 1.90. The van der Waals surface area contributed by atoms with Crippen molar-refractivity contribution < 1.29 is 19.2 Å². The van der Waals surface area contributed by atoms with Crippen molar-refractivity contribution in [1.29, 1.82) is 0 Å². The van der Waals surface area contributed by atoms with Gasteiger partial charge in [0.15, 0.2) is 0 Å². The van der Waals surface area contributed by atoms with Crippen LogP contribution < -0.4 is 15.4 Å². The van der Waals surface area contributed by atoms with Crippen molar-refractivity contribution in [3.05, 3.63) is 105 Å². The molecule has 0 fully saturated rings. The number of nitrogens with zero attached hydrogens (tertiary/aromatic N) is 1. The molecular formula is C24H21N3O5. The van der Waals surface area contributed by atoms with E-state index < -0.39 is 16.7 Å². The van der Waals surface area contributed by atoms with E-state index in [4.69, 9.17) is 4.74 Å². The fourth-order valence-electron chi connectivity index (χ4n) is 2.89. The van der Waals surface area contributed by atoms with Gasteiger partial charge in [0.2, 0.25) is 0 Å². The van der Waals surface area contributed by atoms with Gasteiger partial charge in [-0.1, -0.05) is 42.0 Å². The first-order valence-electron chi connectivity index (χ1n) is 9.66. The van der Waals surface area contributed by atoms with E-state index in [-0.39, 0.29) is 11.4 Å². The molecule has 0 aliphatic heterocycles. The lowest BCUT2D eigenvalue weighted by molar-refractivity contribution is -0.384. The third kappa shape index (κ3) is 5.57. The van der Waals surface area contributed by atoms with E-state index in [1.807, 2.05) is 6.92 Å². The maximum absolute atomic E-state index is 13.0. The van der Waals surface area contributed by atoms with Gasteiger partial charge < -0.3 is 15.4 Å². The third-order valence-corrected chi connectivity index (χ3v) is 4.55. The number of anilines is 1. The highest BCUT2D eigenvalue weighted by Gasteiger charge is 2.17. The Balaban J connectivity index is 1.95. The van der Waals surface area contributed by atoms with Crippen molar-refractivity contribution in [2.75, 3.05) is 12.4 Å². The van der Waals surface area contributed by atoms with Crippen molar-refractivity contribution in [2.24, 2.45) is 0 Å². The number of methoxy groups -OCH3 is 1. The minimum atomic E-state index is -0.610. The summed E-state index contributed by atoms with van der Waals surface area (Å²) in [5.41, 5.74) is 1.94. The molecule has 0 spiro atoms. The van der Waals surface area contributed by atoms with Gasteiger partial charge in [0.1, 0.15) is 11.4 Å². The molecule has 0 radical (unpaired) electrons. The van der Waals surface area contributed by atoms with Crippen molar-refractivity contribution >= 4 is 29.3 Å². The minimum absolute atomic E-state index is 0.0815. The first-order chi connectivity index (χ1) is 15.4. The monoisotopic (exact) mass is 431 g/mol. The van der Waals surface area contributed by atoms with Crippen LogP contribution >= 0.6 is 0 Å². The van der Waals surface area contributed by atoms with Crippen LogP contribution in [-0.2, 0) is 4.79 Å². The fraction of sp³-hybridized carbons (Fsp3) is 0.0833. The molecular weight excluding hydrogens is 410 g/mol. The predicted molar refractivity (Wildman–Crippen MR) is 121 cm³/mol. The summed E-state index contributed by atoms with van der Waals surface area (Å²) in [5.74, 6) is -0.654. The Morgan fingerprint density at radius 1 is 1.00 bits per heavy atom. The van der Waals surface area contributed by atoms with Crippen LogP contribution in [0.3, 0.4) is 0 Å². The molecule has 3 aromatic carbocycles. The standard InChI is InChI=1S/C24H21N3O5/c1-16-10-12-18(13-11-16)23(28)26-21(15-17-6-5-7-19(14-17)27(30)31)24(29)25-20-8-3-4-9-22(20)32-2/h3-15H,1-2H3,(H,25,29)(H,26,28)/b21-15+. The Morgan fingerprint density at radius 3 is 2.41 bits per heavy atom. The molecule has 0 heterocycles. The third-order valence-electron chi connectivity index (χ3n) is 4.55. The second-order valence-electron chi connectivity index (χ2n) is 6.88. The maximum Gasteiger partial charge on any atom is 0.272 e. The number of nitro groups is 1. The van der Waals surface area contributed by atoms with Crippen LogP contribution in [0.4, 0.5) is 11.4 Å². The molecule has 8 nitrogen and oxygen atoms in total. The molecule has 0 saturated heterocycles. The summed E-state index contributed by atoms with van der Waals surface area (Å²) in [6, 6.07) is 19.5. The summed E-state index contributed by atoms with van der Waals surface area (Å²) in [4.78, 5) is 36.4. The number of benzene rings is 3. The molecule has 162 valence electrons. The van der Waals surface area contributed by atoms with Crippen LogP contribution in [0.25, 0.3) is 6.08 Å². The van der Waals surface area contributed by atoms with E-state index in [1.54, 1.807) is 54.6 Å². The predicted octanol–water partition coefficient (Wildman–Crippen LogP) is 4.32. The molecule has 0 atom stereocenters. The zero-order valence-corrected chi connectivity index (χ0v) is 17.5. The number of nitro benzene ring substituents is 1. The van der Waals surface area contributed by atoms with Crippen molar-refractivity contribution in [2.45, 2.75) is 6.92 Å². The summed E-state index contributed by atoms with van der Waals surface area (Å²) >= 11 is 0. The van der Waals surface area contributed by atoms with Gasteiger partial charge in [0, 0.05) is 17.7 Å². The van der Waals surface area contributed by atoms with Gasteiger partial charge in [-0.2, -0.15) is 0 Å². The molecule has 32 heavy (non-hydrogen) atoms. The number of carbonyl (C=O) groups is 2. The molecule has 0 aliphatic rings. The SMILES string of the molecule is COc1ccccc1NC(=O)/C(=C\c1cccc([N+](=O)[O-])c1)NC(=O)c1ccc(C)cc1. The molecule has 2 N–H and O–H groups in total. The van der Waals surface area contributed by atoms with Crippen LogP contribution in [0.15, 0.2) is 78.5 Å². The van der Waals surface area contributed by atoms with Gasteiger partial charge in [0.05, 0.1) is 17.7 Å². The quantitative estimate of drug-likeness (QED) is 0.329. The summed E-state index contributed by atoms with van der Waals surface area (Å²) in [6.07, 6.45) is 1.38. The Kier molecular flexibility index (Phi) is 6.97. The Bertz CT molecular complexity index is 1190. The molecule has 3 aromatic rings. The van der Waals surface area contributed by atoms with E-state index in [0.29, 0.717) is 22.6 Å². The van der Waals surface area contributed by atoms with Crippen molar-refractivity contribution in [3.63, 3.8) is 0 Å². The minimum Gasteiger partial charge on any atom is -0.495 e. The van der Waals surface area contributed by atoms with Gasteiger partial charge in [-0.3, -0.25) is 19.7 Å².